The predicted octanol–water partition coefficient (Wildman–Crippen LogP) is 8.81. The summed E-state index contributed by atoms with van der Waals surface area (Å²) in [5.41, 5.74) is 2.60. The fraction of sp³-hybridized carbons (Fsp3) is 0.387. The third-order valence-corrected chi connectivity index (χ3v) is 6.23. The van der Waals surface area contributed by atoms with Crippen LogP contribution >= 0.6 is 0 Å². The quantitative estimate of drug-likeness (QED) is 0.160. The maximum absolute atomic E-state index is 13.5. The van der Waals surface area contributed by atoms with E-state index in [1.807, 2.05) is 24.3 Å². The van der Waals surface area contributed by atoms with Crippen molar-refractivity contribution in [1.29, 1.82) is 0 Å². The van der Waals surface area contributed by atoms with Gasteiger partial charge in [0.1, 0.15) is 5.75 Å². The summed E-state index contributed by atoms with van der Waals surface area (Å²) in [6.45, 7) is 2.89. The highest BCUT2D eigenvalue weighted by Gasteiger charge is 2.42. The lowest BCUT2D eigenvalue weighted by molar-refractivity contribution is -0.205. The third-order valence-electron chi connectivity index (χ3n) is 6.23. The van der Waals surface area contributed by atoms with Crippen molar-refractivity contribution < 1.29 is 27.4 Å². The van der Waals surface area contributed by atoms with E-state index in [9.17, 15) is 18.0 Å². The topological polar surface area (TPSA) is 35.5 Å². The molecule has 0 fully saturated rings. The first kappa shape index (κ1) is 28.3. The minimum Gasteiger partial charge on any atom is -0.494 e. The Labute approximate surface area is 217 Å². The van der Waals surface area contributed by atoms with Crippen molar-refractivity contribution in [3.05, 3.63) is 90.0 Å². The molecular weight excluding hydrogens is 477 g/mol. The van der Waals surface area contributed by atoms with Crippen molar-refractivity contribution in [2.24, 2.45) is 0 Å². The normalized spacial score (nSPS) is 12.2. The van der Waals surface area contributed by atoms with Crippen molar-refractivity contribution in [2.75, 3.05) is 6.61 Å². The van der Waals surface area contributed by atoms with Crippen LogP contribution in [-0.4, -0.2) is 24.9 Å². The number of benzene rings is 3. The summed E-state index contributed by atoms with van der Waals surface area (Å²) in [5, 5.41) is 0. The molecule has 0 radical (unpaired) electrons. The van der Waals surface area contributed by atoms with E-state index >= 15 is 0 Å². The third kappa shape index (κ3) is 9.60. The molecule has 3 aromatic rings. The zero-order valence-electron chi connectivity index (χ0n) is 21.3. The number of aryl methyl sites for hydroxylation is 1. The maximum Gasteiger partial charge on any atom is 0.425 e. The second kappa shape index (κ2) is 14.5. The first-order valence-corrected chi connectivity index (χ1v) is 13.0. The van der Waals surface area contributed by atoms with Crippen molar-refractivity contribution in [3.63, 3.8) is 0 Å². The van der Waals surface area contributed by atoms with E-state index in [-0.39, 0.29) is 18.4 Å². The molecular formula is C31H35F3O3. The van der Waals surface area contributed by atoms with Gasteiger partial charge in [-0.15, -0.1) is 0 Å². The van der Waals surface area contributed by atoms with E-state index in [1.54, 1.807) is 42.5 Å². The molecule has 0 aliphatic rings. The zero-order valence-corrected chi connectivity index (χ0v) is 21.3. The lowest BCUT2D eigenvalue weighted by atomic mass is 10.0. The Morgan fingerprint density at radius 3 is 2.00 bits per heavy atom. The molecule has 0 unspecified atom stereocenters. The molecule has 0 spiro atoms. The molecule has 6 heteroatoms. The molecule has 3 nitrogen and oxygen atoms in total. The lowest BCUT2D eigenvalue weighted by Gasteiger charge is -2.21. The minimum absolute atomic E-state index is 0.0802. The smallest absolute Gasteiger partial charge is 0.425 e. The highest BCUT2D eigenvalue weighted by molar-refractivity contribution is 5.90. The highest BCUT2D eigenvalue weighted by atomic mass is 19.4. The van der Waals surface area contributed by atoms with E-state index in [4.69, 9.17) is 9.47 Å². The Morgan fingerprint density at radius 2 is 1.38 bits per heavy atom. The van der Waals surface area contributed by atoms with Gasteiger partial charge in [0.25, 0.3) is 0 Å². The number of carbonyl (C=O) groups is 1. The van der Waals surface area contributed by atoms with E-state index in [2.05, 4.69) is 6.92 Å². The first-order valence-electron chi connectivity index (χ1n) is 13.0. The number of unbranched alkanes of at least 4 members (excludes halogenated alkanes) is 5. The number of rotatable bonds is 14. The molecule has 0 saturated heterocycles. The van der Waals surface area contributed by atoms with Crippen molar-refractivity contribution in [1.82, 2.24) is 0 Å². The molecule has 0 amide bonds. The van der Waals surface area contributed by atoms with Crippen LogP contribution in [0.4, 0.5) is 13.2 Å². The second-order valence-electron chi connectivity index (χ2n) is 9.18. The van der Waals surface area contributed by atoms with Gasteiger partial charge in [-0.05, 0) is 60.2 Å². The number of alkyl halides is 3. The Morgan fingerprint density at radius 1 is 0.784 bits per heavy atom. The van der Waals surface area contributed by atoms with Crippen LogP contribution in [0.3, 0.4) is 0 Å². The van der Waals surface area contributed by atoms with Gasteiger partial charge in [-0.2, -0.15) is 13.2 Å². The van der Waals surface area contributed by atoms with Crippen molar-refractivity contribution >= 4 is 5.97 Å². The average molecular weight is 513 g/mol. The van der Waals surface area contributed by atoms with Gasteiger partial charge in [-0.1, -0.05) is 93.6 Å². The van der Waals surface area contributed by atoms with Crippen LogP contribution in [0.2, 0.25) is 0 Å². The van der Waals surface area contributed by atoms with E-state index < -0.39 is 18.2 Å². The van der Waals surface area contributed by atoms with Gasteiger partial charge >= 0.3 is 12.1 Å². The van der Waals surface area contributed by atoms with Gasteiger partial charge in [0, 0.05) is 0 Å². The van der Waals surface area contributed by atoms with Gasteiger partial charge in [0.05, 0.1) is 12.2 Å². The number of carbonyl (C=O) groups excluding carboxylic acids is 1. The summed E-state index contributed by atoms with van der Waals surface area (Å²) in [6, 6.07) is 22.9. The first-order chi connectivity index (χ1) is 17.9. The Bertz CT molecular complexity index is 1060. The van der Waals surface area contributed by atoms with E-state index in [0.29, 0.717) is 6.61 Å². The van der Waals surface area contributed by atoms with Crippen LogP contribution in [0, 0.1) is 0 Å². The maximum atomic E-state index is 13.5. The zero-order chi connectivity index (χ0) is 26.5. The highest BCUT2D eigenvalue weighted by Crippen LogP contribution is 2.28. The molecule has 0 heterocycles. The Balaban J connectivity index is 1.51. The molecule has 0 aliphatic carbocycles. The molecule has 0 saturated carbocycles. The predicted molar refractivity (Wildman–Crippen MR) is 141 cm³/mol. The van der Waals surface area contributed by atoms with Gasteiger partial charge in [-0.3, -0.25) is 0 Å². The van der Waals surface area contributed by atoms with Gasteiger partial charge in [-0.25, -0.2) is 4.79 Å². The van der Waals surface area contributed by atoms with Crippen molar-refractivity contribution in [3.8, 4) is 16.9 Å². The average Bonchev–Trinajstić information content (AvgIpc) is 2.91. The fourth-order valence-electron chi connectivity index (χ4n) is 4.04. The van der Waals surface area contributed by atoms with Crippen LogP contribution in [0.15, 0.2) is 78.9 Å². The summed E-state index contributed by atoms with van der Waals surface area (Å²) < 4.78 is 51.2. The van der Waals surface area contributed by atoms with Gasteiger partial charge < -0.3 is 9.47 Å². The molecule has 3 aromatic carbocycles. The molecule has 0 aromatic heterocycles. The largest absolute Gasteiger partial charge is 0.494 e. The minimum atomic E-state index is -4.64. The molecule has 0 aliphatic heterocycles. The molecule has 3 rings (SSSR count). The summed E-state index contributed by atoms with van der Waals surface area (Å²) in [6.07, 6.45) is 0.279. The van der Waals surface area contributed by atoms with Crippen LogP contribution in [0.5, 0.6) is 5.75 Å². The molecule has 198 valence electrons. The van der Waals surface area contributed by atoms with E-state index in [0.717, 1.165) is 28.9 Å². The monoisotopic (exact) mass is 512 g/mol. The standard InChI is InChI=1S/C31H35F3O3/c1-2-3-4-5-6-10-23-36-28-20-18-26(19-21-28)25-14-16-27(17-15-25)30(35)37-29(31(32,33)34)22-13-24-11-8-7-9-12-24/h7-9,11-12,14-21,29H,2-6,10,13,22-23H2,1H3/t29-/m0/s1. The Kier molecular flexibility index (Phi) is 11.1. The number of esters is 1. The molecule has 1 atom stereocenters. The van der Waals surface area contributed by atoms with Gasteiger partial charge in [0.2, 0.25) is 0 Å². The van der Waals surface area contributed by atoms with E-state index in [1.165, 1.54) is 44.2 Å². The second-order valence-corrected chi connectivity index (χ2v) is 9.18. The SMILES string of the molecule is CCCCCCCCOc1ccc(-c2ccc(C(=O)O[C@@H](CCc3ccccc3)C(F)(F)F)cc2)cc1. The number of hydrogen-bond donors (Lipinski definition) is 0. The summed E-state index contributed by atoms with van der Waals surface area (Å²) >= 11 is 0. The van der Waals surface area contributed by atoms with Gasteiger partial charge in [0.15, 0.2) is 6.10 Å². The fourth-order valence-corrected chi connectivity index (χ4v) is 4.04. The number of hydrogen-bond acceptors (Lipinski definition) is 3. The number of ether oxygens (including phenoxy) is 2. The summed E-state index contributed by atoms with van der Waals surface area (Å²) in [5.74, 6) is -0.188. The number of halogens is 3. The van der Waals surface area contributed by atoms with Crippen molar-refractivity contribution in [2.45, 2.75) is 70.6 Å². The Hall–Kier alpha value is -3.28. The van der Waals surface area contributed by atoms with Crippen LogP contribution in [0.1, 0.15) is 67.8 Å². The van der Waals surface area contributed by atoms with Crippen LogP contribution < -0.4 is 4.74 Å². The lowest BCUT2D eigenvalue weighted by Crippen LogP contribution is -2.34. The molecule has 37 heavy (non-hydrogen) atoms. The summed E-state index contributed by atoms with van der Waals surface area (Å²) in [4.78, 5) is 12.5. The van der Waals surface area contributed by atoms with Crippen LogP contribution in [-0.2, 0) is 11.2 Å². The molecule has 0 N–H and O–H groups in total. The molecule has 0 bridgehead atoms. The summed E-state index contributed by atoms with van der Waals surface area (Å²) in [7, 11) is 0. The van der Waals surface area contributed by atoms with Crippen LogP contribution in [0.25, 0.3) is 11.1 Å².